The van der Waals surface area contributed by atoms with Crippen LogP contribution in [0.2, 0.25) is 0 Å². The lowest BCUT2D eigenvalue weighted by Gasteiger charge is -2.52. The van der Waals surface area contributed by atoms with Crippen LogP contribution in [0.5, 0.6) is 5.88 Å². The molecule has 2 aliphatic rings. The van der Waals surface area contributed by atoms with Gasteiger partial charge in [0.2, 0.25) is 5.88 Å². The molecular formula is C30H34F3N9O2. The van der Waals surface area contributed by atoms with Crippen molar-refractivity contribution in [3.05, 3.63) is 54.4 Å². The molecule has 0 atom stereocenters. The summed E-state index contributed by atoms with van der Waals surface area (Å²) in [6.07, 6.45) is 5.56. The average Bonchev–Trinajstić information content (AvgIpc) is 3.68. The normalized spacial score (nSPS) is 21.3. The summed E-state index contributed by atoms with van der Waals surface area (Å²) in [6.45, 7) is 2.73. The van der Waals surface area contributed by atoms with E-state index in [1.54, 1.807) is 19.4 Å². The smallest absolute Gasteiger partial charge is 0.433 e. The van der Waals surface area contributed by atoms with Crippen LogP contribution in [0.15, 0.2) is 43.1 Å². The number of fused-ring (bicyclic) bond motifs is 1. The predicted octanol–water partition coefficient (Wildman–Crippen LogP) is 4.29. The number of hydrogen-bond donors (Lipinski definition) is 2. The van der Waals surface area contributed by atoms with Crippen molar-refractivity contribution in [2.45, 2.75) is 62.5 Å². The second kappa shape index (κ2) is 12.5. The number of pyridine rings is 1. The lowest BCUT2D eigenvalue weighted by Crippen LogP contribution is -2.58. The van der Waals surface area contributed by atoms with Crippen molar-refractivity contribution in [2.75, 3.05) is 33.4 Å². The Kier molecular flexibility index (Phi) is 8.53. The Morgan fingerprint density at radius 3 is 2.77 bits per heavy atom. The molecule has 1 aliphatic carbocycles. The molecule has 1 saturated heterocycles. The number of rotatable bonds is 11. The Balaban J connectivity index is 1.07. The van der Waals surface area contributed by atoms with Gasteiger partial charge >= 0.3 is 6.18 Å². The third-order valence-corrected chi connectivity index (χ3v) is 8.58. The first-order chi connectivity index (χ1) is 21.3. The largest absolute Gasteiger partial charge is 0.474 e. The molecule has 232 valence electrons. The molecule has 4 aromatic heterocycles. The maximum atomic E-state index is 13.5. The van der Waals surface area contributed by atoms with E-state index in [4.69, 9.17) is 9.47 Å². The minimum atomic E-state index is -4.57. The number of hydrogen-bond acceptors (Lipinski definition) is 9. The molecule has 0 spiro atoms. The number of aromatic nitrogens is 6. The molecule has 44 heavy (non-hydrogen) atoms. The van der Waals surface area contributed by atoms with Crippen molar-refractivity contribution < 1.29 is 22.6 Å². The van der Waals surface area contributed by atoms with Crippen LogP contribution in [0.25, 0.3) is 22.3 Å². The van der Waals surface area contributed by atoms with E-state index in [1.807, 2.05) is 23.1 Å². The number of piperidine rings is 1. The van der Waals surface area contributed by atoms with E-state index < -0.39 is 17.4 Å². The van der Waals surface area contributed by atoms with Gasteiger partial charge in [0.15, 0.2) is 0 Å². The predicted molar refractivity (Wildman–Crippen MR) is 154 cm³/mol. The topological polar surface area (TPSA) is 130 Å². The fraction of sp³-hybridized carbons (Fsp3) is 0.500. The highest BCUT2D eigenvalue weighted by molar-refractivity contribution is 5.90. The molecule has 11 nitrogen and oxygen atoms in total. The lowest BCUT2D eigenvalue weighted by molar-refractivity contribution is -0.141. The average molecular weight is 610 g/mol. The van der Waals surface area contributed by atoms with E-state index in [2.05, 4.69) is 41.3 Å². The van der Waals surface area contributed by atoms with Crippen molar-refractivity contribution in [3.8, 4) is 23.2 Å². The van der Waals surface area contributed by atoms with Crippen molar-refractivity contribution in [1.29, 1.82) is 5.26 Å². The highest BCUT2D eigenvalue weighted by Gasteiger charge is 2.49. The van der Waals surface area contributed by atoms with Crippen LogP contribution in [0.4, 0.5) is 13.2 Å². The second-order valence-corrected chi connectivity index (χ2v) is 11.5. The summed E-state index contributed by atoms with van der Waals surface area (Å²) in [7, 11) is 1.57. The fourth-order valence-electron chi connectivity index (χ4n) is 6.25. The third kappa shape index (κ3) is 6.26. The van der Waals surface area contributed by atoms with Crippen LogP contribution < -0.4 is 10.1 Å². The molecule has 1 aliphatic heterocycles. The zero-order valence-electron chi connectivity index (χ0n) is 24.3. The van der Waals surface area contributed by atoms with Gasteiger partial charge in [0.05, 0.1) is 36.5 Å². The number of nitrogens with zero attached hydrogens (tertiary/aromatic N) is 7. The standard InChI is InChI=1S/C30H34F3N9O2/c1-43-11-8-35-16-20-12-25(30(31,32)33)40-26(13-20)44-23-3-9-41(10-4-23)22-14-29(15-22,5-6-34)42-18-21(17-39-42)27-24-2-7-36-28(24)38-19-37-27/h2,7,12-13,17-19,22-23,35H,3-5,8-11,14-16H2,1H3,(H,36,37,38)/t22-,29-. The molecule has 14 heteroatoms. The van der Waals surface area contributed by atoms with Gasteiger partial charge in [-0.3, -0.25) is 9.58 Å². The van der Waals surface area contributed by atoms with Crippen LogP contribution in [-0.4, -0.2) is 80.1 Å². The summed E-state index contributed by atoms with van der Waals surface area (Å²) in [5.41, 5.74) is 1.51. The number of likely N-dealkylation sites (tertiary alicyclic amines) is 1. The van der Waals surface area contributed by atoms with Gasteiger partial charge in [-0.25, -0.2) is 15.0 Å². The highest BCUT2D eigenvalue weighted by atomic mass is 19.4. The van der Waals surface area contributed by atoms with Crippen LogP contribution in [0, 0.1) is 11.3 Å². The van der Waals surface area contributed by atoms with Crippen LogP contribution in [0.1, 0.15) is 43.4 Å². The van der Waals surface area contributed by atoms with E-state index in [0.29, 0.717) is 38.0 Å². The molecule has 2 N–H and O–H groups in total. The van der Waals surface area contributed by atoms with Crippen LogP contribution in [-0.2, 0) is 23.0 Å². The number of ether oxygens (including phenoxy) is 2. The number of methoxy groups -OCH3 is 1. The minimum Gasteiger partial charge on any atom is -0.474 e. The Labute approximate surface area is 252 Å². The van der Waals surface area contributed by atoms with Crippen molar-refractivity contribution >= 4 is 11.0 Å². The zero-order valence-corrected chi connectivity index (χ0v) is 24.3. The molecule has 1 saturated carbocycles. The highest BCUT2D eigenvalue weighted by Crippen LogP contribution is 2.45. The maximum Gasteiger partial charge on any atom is 0.433 e. The quantitative estimate of drug-likeness (QED) is 0.239. The van der Waals surface area contributed by atoms with E-state index in [0.717, 1.165) is 54.3 Å². The summed E-state index contributed by atoms with van der Waals surface area (Å²) in [6, 6.07) is 7.19. The molecule has 6 rings (SSSR count). The van der Waals surface area contributed by atoms with Gasteiger partial charge in [-0.15, -0.1) is 0 Å². The SMILES string of the molecule is COCCNCc1cc(OC2CCN([C@H]3C[C@](CC#N)(n4cc(-c5ncnc6[nH]ccc56)cn4)C3)CC2)nc(C(F)(F)F)c1. The van der Waals surface area contributed by atoms with Crippen molar-refractivity contribution in [2.24, 2.45) is 0 Å². The summed E-state index contributed by atoms with van der Waals surface area (Å²) < 4.78 is 53.5. The Hall–Kier alpha value is -4.06. The maximum absolute atomic E-state index is 13.5. The molecule has 0 amide bonds. The van der Waals surface area contributed by atoms with Crippen molar-refractivity contribution in [1.82, 2.24) is 39.9 Å². The monoisotopic (exact) mass is 609 g/mol. The fourth-order valence-corrected chi connectivity index (χ4v) is 6.25. The van der Waals surface area contributed by atoms with E-state index in [1.165, 1.54) is 6.33 Å². The summed E-state index contributed by atoms with van der Waals surface area (Å²) >= 11 is 0. The first-order valence-electron chi connectivity index (χ1n) is 14.7. The number of nitrogens with one attached hydrogen (secondary N) is 2. The van der Waals surface area contributed by atoms with Gasteiger partial charge in [0.25, 0.3) is 0 Å². The number of H-pyrrole nitrogens is 1. The van der Waals surface area contributed by atoms with E-state index >= 15 is 0 Å². The Morgan fingerprint density at radius 2 is 2.02 bits per heavy atom. The van der Waals surface area contributed by atoms with E-state index in [-0.39, 0.29) is 24.6 Å². The number of aromatic amines is 1. The summed E-state index contributed by atoms with van der Waals surface area (Å²) in [4.78, 5) is 18.0. The van der Waals surface area contributed by atoms with Crippen LogP contribution in [0.3, 0.4) is 0 Å². The zero-order chi connectivity index (χ0) is 30.7. The first kappa shape index (κ1) is 30.0. The molecule has 4 aromatic rings. The van der Waals surface area contributed by atoms with Crippen molar-refractivity contribution in [3.63, 3.8) is 0 Å². The molecule has 0 unspecified atom stereocenters. The van der Waals surface area contributed by atoms with E-state index in [9.17, 15) is 18.4 Å². The summed E-state index contributed by atoms with van der Waals surface area (Å²) in [5.74, 6) is -0.00594. The number of alkyl halides is 3. The molecular weight excluding hydrogens is 575 g/mol. The number of halogens is 3. The van der Waals surface area contributed by atoms with Gasteiger partial charge in [0, 0.05) is 68.7 Å². The van der Waals surface area contributed by atoms with Gasteiger partial charge in [-0.05, 0) is 43.4 Å². The lowest BCUT2D eigenvalue weighted by atomic mass is 9.69. The first-order valence-corrected chi connectivity index (χ1v) is 14.7. The van der Waals surface area contributed by atoms with Gasteiger partial charge in [-0.2, -0.15) is 23.5 Å². The summed E-state index contributed by atoms with van der Waals surface area (Å²) in [5, 5.41) is 18.3. The van der Waals surface area contributed by atoms with Crippen LogP contribution >= 0.6 is 0 Å². The molecule has 5 heterocycles. The third-order valence-electron chi connectivity index (χ3n) is 8.58. The molecule has 0 bridgehead atoms. The molecule has 2 fully saturated rings. The van der Waals surface area contributed by atoms with Gasteiger partial charge < -0.3 is 19.8 Å². The molecule has 0 aromatic carbocycles. The minimum absolute atomic E-state index is 0.00594. The van der Waals surface area contributed by atoms with Gasteiger partial charge in [0.1, 0.15) is 23.8 Å². The Morgan fingerprint density at radius 1 is 1.20 bits per heavy atom. The second-order valence-electron chi connectivity index (χ2n) is 11.5. The Bertz CT molecular complexity index is 1620. The van der Waals surface area contributed by atoms with Gasteiger partial charge in [-0.1, -0.05) is 0 Å². The number of nitriles is 1. The molecule has 0 radical (unpaired) electrons.